The lowest BCUT2D eigenvalue weighted by Gasteiger charge is -2.18. The van der Waals surface area contributed by atoms with Crippen molar-refractivity contribution >= 4 is 23.6 Å². The van der Waals surface area contributed by atoms with E-state index < -0.39 is 11.9 Å². The number of hydrogen-bond donors (Lipinski definition) is 2. The van der Waals surface area contributed by atoms with Crippen LogP contribution in [0.5, 0.6) is 11.5 Å². The Labute approximate surface area is 138 Å². The van der Waals surface area contributed by atoms with Gasteiger partial charge in [0.25, 0.3) is 0 Å². The number of anilines is 1. The van der Waals surface area contributed by atoms with Gasteiger partial charge in [0, 0.05) is 6.08 Å². The minimum atomic E-state index is -1.10. The molecule has 122 valence electrons. The van der Waals surface area contributed by atoms with Gasteiger partial charge in [-0.05, 0) is 35.9 Å². The zero-order chi connectivity index (χ0) is 16.9. The van der Waals surface area contributed by atoms with Crippen molar-refractivity contribution in [1.29, 1.82) is 0 Å². The normalized spacial score (nSPS) is 12.8. The Morgan fingerprint density at radius 2 is 1.79 bits per heavy atom. The molecule has 1 aliphatic rings. The lowest BCUT2D eigenvalue weighted by molar-refractivity contribution is -0.111. The van der Waals surface area contributed by atoms with Crippen LogP contribution in [0.25, 0.3) is 6.08 Å². The van der Waals surface area contributed by atoms with E-state index >= 15 is 0 Å². The molecule has 0 aliphatic carbocycles. The fourth-order valence-corrected chi connectivity index (χ4v) is 2.29. The van der Waals surface area contributed by atoms with Crippen LogP contribution < -0.4 is 14.8 Å². The minimum absolute atomic E-state index is 0.0404. The Morgan fingerprint density at radius 1 is 1.04 bits per heavy atom. The molecule has 24 heavy (non-hydrogen) atoms. The summed E-state index contributed by atoms with van der Waals surface area (Å²) in [4.78, 5) is 23.1. The molecule has 0 spiro atoms. The van der Waals surface area contributed by atoms with Crippen LogP contribution in [0.1, 0.15) is 15.9 Å². The van der Waals surface area contributed by atoms with E-state index in [0.29, 0.717) is 24.7 Å². The van der Waals surface area contributed by atoms with Crippen molar-refractivity contribution in [2.45, 2.75) is 0 Å². The van der Waals surface area contributed by atoms with E-state index in [1.54, 1.807) is 36.4 Å². The summed E-state index contributed by atoms with van der Waals surface area (Å²) >= 11 is 0. The van der Waals surface area contributed by atoms with E-state index in [9.17, 15) is 9.59 Å². The van der Waals surface area contributed by atoms with Crippen molar-refractivity contribution in [1.82, 2.24) is 0 Å². The van der Waals surface area contributed by atoms with Crippen LogP contribution in [-0.4, -0.2) is 30.2 Å². The van der Waals surface area contributed by atoms with Gasteiger partial charge in [-0.2, -0.15) is 0 Å². The van der Waals surface area contributed by atoms with Gasteiger partial charge in [0.05, 0.1) is 11.3 Å². The van der Waals surface area contributed by atoms with Gasteiger partial charge >= 0.3 is 5.97 Å². The van der Waals surface area contributed by atoms with E-state index in [-0.39, 0.29) is 11.3 Å². The molecule has 0 unspecified atom stereocenters. The molecule has 0 atom stereocenters. The van der Waals surface area contributed by atoms with Crippen LogP contribution in [0.3, 0.4) is 0 Å². The van der Waals surface area contributed by atoms with Crippen LogP contribution >= 0.6 is 0 Å². The van der Waals surface area contributed by atoms with Gasteiger partial charge in [-0.15, -0.1) is 0 Å². The molecule has 3 rings (SSSR count). The second kappa shape index (κ2) is 6.87. The third-order valence-electron chi connectivity index (χ3n) is 3.41. The Hall–Kier alpha value is -3.28. The smallest absolute Gasteiger partial charge is 0.337 e. The van der Waals surface area contributed by atoms with Gasteiger partial charge < -0.3 is 19.9 Å². The second-order valence-electron chi connectivity index (χ2n) is 5.08. The number of hydrogen-bond acceptors (Lipinski definition) is 4. The van der Waals surface area contributed by atoms with Crippen molar-refractivity contribution in [3.05, 3.63) is 59.7 Å². The van der Waals surface area contributed by atoms with Gasteiger partial charge in [-0.3, -0.25) is 4.79 Å². The Kier molecular flexibility index (Phi) is 4.47. The summed E-state index contributed by atoms with van der Waals surface area (Å²) in [7, 11) is 0. The number of para-hydroxylation sites is 1. The van der Waals surface area contributed by atoms with Gasteiger partial charge in [0.15, 0.2) is 11.5 Å². The maximum atomic E-state index is 12.0. The van der Waals surface area contributed by atoms with Gasteiger partial charge in [0.2, 0.25) is 5.91 Å². The van der Waals surface area contributed by atoms with Crippen LogP contribution in [0.2, 0.25) is 0 Å². The largest absolute Gasteiger partial charge is 0.486 e. The first-order valence-electron chi connectivity index (χ1n) is 7.34. The molecule has 0 saturated heterocycles. The van der Waals surface area contributed by atoms with Crippen molar-refractivity contribution in [2.75, 3.05) is 18.5 Å². The van der Waals surface area contributed by atoms with Crippen molar-refractivity contribution in [2.24, 2.45) is 0 Å². The lowest BCUT2D eigenvalue weighted by atomic mass is 10.1. The number of aromatic carboxylic acids is 1. The van der Waals surface area contributed by atoms with E-state index in [1.807, 2.05) is 6.07 Å². The SMILES string of the molecule is O=C(/C=C/c1ccc2c(c1)OCCO2)Nc1ccccc1C(=O)O. The number of carboxylic acids is 1. The Bertz CT molecular complexity index is 813. The standard InChI is InChI=1S/C18H15NO5/c20-17(19-14-4-2-1-3-13(14)18(21)22)8-6-12-5-7-15-16(11-12)24-10-9-23-15/h1-8,11H,9-10H2,(H,19,20)(H,21,22)/b8-6+. The lowest BCUT2D eigenvalue weighted by Crippen LogP contribution is -2.15. The number of nitrogens with one attached hydrogen (secondary N) is 1. The topological polar surface area (TPSA) is 84.9 Å². The van der Waals surface area contributed by atoms with Gasteiger partial charge in [-0.25, -0.2) is 4.79 Å². The summed E-state index contributed by atoms with van der Waals surface area (Å²) in [5.41, 5.74) is 1.07. The van der Waals surface area contributed by atoms with Crippen molar-refractivity contribution < 1.29 is 24.2 Å². The number of carbonyl (C=O) groups is 2. The summed E-state index contributed by atoms with van der Waals surface area (Å²) in [6, 6.07) is 11.6. The summed E-state index contributed by atoms with van der Waals surface area (Å²) in [5.74, 6) is -0.196. The highest BCUT2D eigenvalue weighted by atomic mass is 16.6. The third kappa shape index (κ3) is 3.55. The summed E-state index contributed by atoms with van der Waals surface area (Å²) in [6.07, 6.45) is 2.96. The molecule has 2 aromatic carbocycles. The predicted molar refractivity (Wildman–Crippen MR) is 88.5 cm³/mol. The quantitative estimate of drug-likeness (QED) is 0.844. The molecule has 6 heteroatoms. The van der Waals surface area contributed by atoms with E-state index in [2.05, 4.69) is 5.32 Å². The van der Waals surface area contributed by atoms with Crippen LogP contribution in [0, 0.1) is 0 Å². The molecule has 0 saturated carbocycles. The highest BCUT2D eigenvalue weighted by Gasteiger charge is 2.12. The van der Waals surface area contributed by atoms with Crippen molar-refractivity contribution in [3.8, 4) is 11.5 Å². The highest BCUT2D eigenvalue weighted by Crippen LogP contribution is 2.31. The zero-order valence-electron chi connectivity index (χ0n) is 12.7. The molecule has 0 bridgehead atoms. The average Bonchev–Trinajstić information content (AvgIpc) is 2.60. The summed E-state index contributed by atoms with van der Waals surface area (Å²) < 4.78 is 10.9. The molecule has 1 aliphatic heterocycles. The maximum absolute atomic E-state index is 12.0. The fourth-order valence-electron chi connectivity index (χ4n) is 2.29. The number of fused-ring (bicyclic) bond motifs is 1. The summed E-state index contributed by atoms with van der Waals surface area (Å²) in [6.45, 7) is 1.01. The number of amides is 1. The molecule has 0 aromatic heterocycles. The first-order chi connectivity index (χ1) is 11.6. The number of rotatable bonds is 4. The monoisotopic (exact) mass is 325 g/mol. The van der Waals surface area contributed by atoms with Gasteiger partial charge in [-0.1, -0.05) is 18.2 Å². The molecule has 1 amide bonds. The van der Waals surface area contributed by atoms with E-state index in [4.69, 9.17) is 14.6 Å². The molecule has 2 aromatic rings. The number of carbonyl (C=O) groups excluding carboxylic acids is 1. The summed E-state index contributed by atoms with van der Waals surface area (Å²) in [5, 5.41) is 11.7. The predicted octanol–water partition coefficient (Wildman–Crippen LogP) is 2.81. The number of benzene rings is 2. The maximum Gasteiger partial charge on any atom is 0.337 e. The molecular weight excluding hydrogens is 310 g/mol. The molecule has 0 fully saturated rings. The zero-order valence-corrected chi connectivity index (χ0v) is 12.7. The van der Waals surface area contributed by atoms with E-state index in [0.717, 1.165) is 5.56 Å². The fraction of sp³-hybridized carbons (Fsp3) is 0.111. The molecular formula is C18H15NO5. The minimum Gasteiger partial charge on any atom is -0.486 e. The second-order valence-corrected chi connectivity index (χ2v) is 5.08. The van der Waals surface area contributed by atoms with Gasteiger partial charge in [0.1, 0.15) is 13.2 Å². The molecule has 1 heterocycles. The molecule has 2 N–H and O–H groups in total. The Balaban J connectivity index is 1.71. The third-order valence-corrected chi connectivity index (χ3v) is 3.41. The van der Waals surface area contributed by atoms with Crippen molar-refractivity contribution in [3.63, 3.8) is 0 Å². The van der Waals surface area contributed by atoms with Crippen LogP contribution in [0.15, 0.2) is 48.5 Å². The molecule has 0 radical (unpaired) electrons. The molecule has 6 nitrogen and oxygen atoms in total. The van der Waals surface area contributed by atoms with Crippen LogP contribution in [-0.2, 0) is 4.79 Å². The number of ether oxygens (including phenoxy) is 2. The first-order valence-corrected chi connectivity index (χ1v) is 7.34. The number of carboxylic acid groups (broad SMARTS) is 1. The highest BCUT2D eigenvalue weighted by molar-refractivity contribution is 6.06. The van der Waals surface area contributed by atoms with E-state index in [1.165, 1.54) is 12.1 Å². The first kappa shape index (κ1) is 15.6. The average molecular weight is 325 g/mol. The Morgan fingerprint density at radius 3 is 2.58 bits per heavy atom. The van der Waals surface area contributed by atoms with Crippen LogP contribution in [0.4, 0.5) is 5.69 Å².